The lowest BCUT2D eigenvalue weighted by molar-refractivity contribution is 0.00578. The van der Waals surface area contributed by atoms with Crippen LogP contribution in [0.2, 0.25) is 5.02 Å². The number of benzene rings is 3. The molecule has 1 amide bonds. The molecule has 1 N–H and O–H groups in total. The summed E-state index contributed by atoms with van der Waals surface area (Å²) in [6.45, 7) is 8.14. The number of hydrogen-bond acceptors (Lipinski definition) is 5. The van der Waals surface area contributed by atoms with E-state index in [9.17, 15) is 9.59 Å². The monoisotopic (exact) mass is 543 g/mol. The molecule has 0 saturated carbocycles. The number of halogens is 1. The Morgan fingerprint density at radius 1 is 0.949 bits per heavy atom. The van der Waals surface area contributed by atoms with Gasteiger partial charge >= 0.3 is 13.2 Å². The summed E-state index contributed by atoms with van der Waals surface area (Å²) in [6, 6.07) is 21.6. The first-order valence-corrected chi connectivity index (χ1v) is 13.4. The molecule has 0 bridgehead atoms. The van der Waals surface area contributed by atoms with Crippen LogP contribution in [-0.4, -0.2) is 43.9 Å². The van der Waals surface area contributed by atoms with Crippen LogP contribution in [0.4, 0.5) is 4.79 Å². The summed E-state index contributed by atoms with van der Waals surface area (Å²) in [6.07, 6.45) is 1.94. The lowest BCUT2D eigenvalue weighted by atomic mass is 9.76. The zero-order valence-corrected chi connectivity index (χ0v) is 23.2. The van der Waals surface area contributed by atoms with E-state index < -0.39 is 24.4 Å². The second-order valence-corrected chi connectivity index (χ2v) is 11.3. The Kier molecular flexibility index (Phi) is 7.42. The van der Waals surface area contributed by atoms with Crippen LogP contribution >= 0.6 is 11.6 Å². The van der Waals surface area contributed by atoms with Crippen molar-refractivity contribution in [2.75, 3.05) is 13.2 Å². The van der Waals surface area contributed by atoms with Crippen LogP contribution in [0.25, 0.3) is 17.2 Å². The van der Waals surface area contributed by atoms with Gasteiger partial charge in [-0.3, -0.25) is 4.79 Å². The third-order valence-electron chi connectivity index (χ3n) is 7.88. The minimum Gasteiger partial charge on any atom is -0.449 e. The molecule has 2 aliphatic rings. The maximum absolute atomic E-state index is 12.9. The molecule has 0 atom stereocenters. The van der Waals surface area contributed by atoms with Crippen molar-refractivity contribution in [1.29, 1.82) is 0 Å². The Balaban J connectivity index is 1.33. The van der Waals surface area contributed by atoms with Gasteiger partial charge in [0.2, 0.25) is 0 Å². The Morgan fingerprint density at radius 2 is 1.54 bits per heavy atom. The summed E-state index contributed by atoms with van der Waals surface area (Å²) >= 11 is 6.25. The summed E-state index contributed by atoms with van der Waals surface area (Å²) in [4.78, 5) is 24.7. The maximum Gasteiger partial charge on any atom is 0.492 e. The Bertz CT molecular complexity index is 1390. The topological polar surface area (TPSA) is 73.9 Å². The van der Waals surface area contributed by atoms with Crippen LogP contribution < -0.4 is 5.32 Å². The molecule has 0 radical (unpaired) electrons. The van der Waals surface area contributed by atoms with E-state index >= 15 is 0 Å². The first-order valence-electron chi connectivity index (χ1n) is 13.0. The van der Waals surface area contributed by atoms with E-state index in [4.69, 9.17) is 25.6 Å². The first kappa shape index (κ1) is 27.2. The lowest BCUT2D eigenvalue weighted by Crippen LogP contribution is -2.41. The number of fused-ring (bicyclic) bond motifs is 3. The van der Waals surface area contributed by atoms with Gasteiger partial charge in [-0.05, 0) is 67.1 Å². The molecular formula is C31H31BClNO5. The van der Waals surface area contributed by atoms with Crippen LogP contribution in [0.5, 0.6) is 0 Å². The van der Waals surface area contributed by atoms with Gasteiger partial charge in [-0.15, -0.1) is 0 Å². The number of alkyl carbamates (subject to hydrolysis) is 1. The smallest absolute Gasteiger partial charge is 0.449 e. The third kappa shape index (κ3) is 5.27. The molecule has 1 heterocycles. The van der Waals surface area contributed by atoms with Crippen LogP contribution in [0, 0.1) is 0 Å². The minimum atomic E-state index is -0.734. The van der Waals surface area contributed by atoms with Gasteiger partial charge in [0.15, 0.2) is 6.29 Å². The van der Waals surface area contributed by atoms with Crippen molar-refractivity contribution < 1.29 is 23.6 Å². The van der Waals surface area contributed by atoms with E-state index in [1.807, 2.05) is 52.0 Å². The summed E-state index contributed by atoms with van der Waals surface area (Å²) in [5, 5.41) is 3.19. The van der Waals surface area contributed by atoms with E-state index in [0.29, 0.717) is 21.6 Å². The van der Waals surface area contributed by atoms with Gasteiger partial charge in [-0.25, -0.2) is 4.79 Å². The molecule has 1 saturated heterocycles. The van der Waals surface area contributed by atoms with Gasteiger partial charge < -0.3 is 19.4 Å². The number of ether oxygens (including phenoxy) is 1. The summed E-state index contributed by atoms with van der Waals surface area (Å²) < 4.78 is 18.2. The molecule has 1 fully saturated rings. The molecule has 0 aromatic heterocycles. The molecule has 1 aliphatic heterocycles. The number of hydrogen-bond donors (Lipinski definition) is 1. The molecule has 200 valence electrons. The Hall–Kier alpha value is -3.39. The van der Waals surface area contributed by atoms with E-state index in [-0.39, 0.29) is 19.1 Å². The highest BCUT2D eigenvalue weighted by Gasteiger charge is 2.52. The van der Waals surface area contributed by atoms with Gasteiger partial charge in [0.05, 0.1) is 16.2 Å². The quantitative estimate of drug-likeness (QED) is 0.265. The zero-order valence-electron chi connectivity index (χ0n) is 22.5. The van der Waals surface area contributed by atoms with Crippen molar-refractivity contribution >= 4 is 37.2 Å². The summed E-state index contributed by atoms with van der Waals surface area (Å²) in [5.74, 6) is -0.0390. The minimum absolute atomic E-state index is 0.0390. The largest absolute Gasteiger partial charge is 0.492 e. The van der Waals surface area contributed by atoms with Gasteiger partial charge in [-0.2, -0.15) is 0 Å². The van der Waals surface area contributed by atoms with Crippen molar-refractivity contribution in [2.45, 2.75) is 44.8 Å². The second kappa shape index (κ2) is 10.6. The molecule has 0 spiro atoms. The highest BCUT2D eigenvalue weighted by atomic mass is 35.5. The first-order chi connectivity index (χ1) is 18.6. The Labute approximate surface area is 234 Å². The van der Waals surface area contributed by atoms with E-state index in [1.165, 1.54) is 11.1 Å². The number of rotatable bonds is 7. The molecular weight excluding hydrogens is 513 g/mol. The van der Waals surface area contributed by atoms with Gasteiger partial charge in [0.25, 0.3) is 0 Å². The fourth-order valence-electron chi connectivity index (χ4n) is 5.02. The average molecular weight is 544 g/mol. The van der Waals surface area contributed by atoms with Crippen molar-refractivity contribution in [3.63, 3.8) is 0 Å². The van der Waals surface area contributed by atoms with Crippen molar-refractivity contribution in [3.05, 3.63) is 99.5 Å². The highest BCUT2D eigenvalue weighted by molar-refractivity contribution is 6.56. The zero-order chi connectivity index (χ0) is 27.8. The molecule has 6 nitrogen and oxygen atoms in total. The maximum atomic E-state index is 12.9. The van der Waals surface area contributed by atoms with Crippen molar-refractivity contribution in [2.24, 2.45) is 0 Å². The van der Waals surface area contributed by atoms with Crippen molar-refractivity contribution in [3.8, 4) is 11.1 Å². The highest BCUT2D eigenvalue weighted by Crippen LogP contribution is 2.44. The predicted molar refractivity (Wildman–Crippen MR) is 154 cm³/mol. The number of carbonyl (C=O) groups is 2. The number of aldehydes is 1. The third-order valence-corrected chi connectivity index (χ3v) is 8.21. The van der Waals surface area contributed by atoms with E-state index in [1.54, 1.807) is 24.3 Å². The van der Waals surface area contributed by atoms with Crippen molar-refractivity contribution in [1.82, 2.24) is 5.32 Å². The molecule has 8 heteroatoms. The second-order valence-electron chi connectivity index (χ2n) is 10.8. The fraction of sp³-hybridized carbons (Fsp3) is 0.290. The van der Waals surface area contributed by atoms with Crippen LogP contribution in [0.15, 0.2) is 72.2 Å². The standard InChI is InChI=1S/C31H31BClNO5/c1-30(2)31(3,4)39-32(38-30)21(16-20-10-9-15-28(33)26(20)18-35)17-34-29(36)37-19-27-24-13-7-5-11-22(24)23-12-6-8-14-25(23)27/h5-16,18,27H,17,19H2,1-4H3,(H,34,36). The molecule has 3 aromatic rings. The molecule has 0 unspecified atom stereocenters. The van der Waals surface area contributed by atoms with Gasteiger partial charge in [0.1, 0.15) is 6.61 Å². The van der Waals surface area contributed by atoms with Gasteiger partial charge in [-0.1, -0.05) is 78.3 Å². The van der Waals surface area contributed by atoms with Crippen LogP contribution in [0.3, 0.4) is 0 Å². The van der Waals surface area contributed by atoms with E-state index in [2.05, 4.69) is 29.6 Å². The Morgan fingerprint density at radius 3 is 2.13 bits per heavy atom. The van der Waals surface area contributed by atoms with Crippen LogP contribution in [0.1, 0.15) is 60.7 Å². The fourth-order valence-corrected chi connectivity index (χ4v) is 5.25. The average Bonchev–Trinajstić information content (AvgIpc) is 3.34. The number of carbonyl (C=O) groups excluding carboxylic acids is 2. The number of amides is 1. The van der Waals surface area contributed by atoms with E-state index in [0.717, 1.165) is 17.4 Å². The SMILES string of the molecule is CC1(C)OB(C(=Cc2cccc(Cl)c2C=O)CNC(=O)OCC2c3ccccc3-c3ccccc32)OC1(C)C. The normalized spacial score (nSPS) is 17.5. The molecule has 5 rings (SSSR count). The van der Waals surface area contributed by atoms with Gasteiger partial charge in [0, 0.05) is 18.0 Å². The lowest BCUT2D eigenvalue weighted by Gasteiger charge is -2.32. The number of nitrogens with one attached hydrogen (secondary N) is 1. The summed E-state index contributed by atoms with van der Waals surface area (Å²) in [7, 11) is -0.734. The molecule has 3 aromatic carbocycles. The molecule has 1 aliphatic carbocycles. The summed E-state index contributed by atoms with van der Waals surface area (Å²) in [5.41, 5.74) is 5.06. The molecule has 39 heavy (non-hydrogen) atoms. The predicted octanol–water partition coefficient (Wildman–Crippen LogP) is 6.71. The van der Waals surface area contributed by atoms with Crippen LogP contribution in [-0.2, 0) is 14.0 Å².